The molecular weight excluding hydrogens is 306 g/mol. The molecule has 3 rings (SSSR count). The Labute approximate surface area is 141 Å². The molecule has 1 unspecified atom stereocenters. The standard InChI is InChI=1S/C17H25N5O2/c1-10-6-11(8-22(10)16(23)24-17(2,3)4)13-7-12-14(18)19-9-20-15(12)21(13)5/h7,9-11H,6,8H2,1-5H3,(H2,18,19,20)/t10-,11?/m0/s1. The quantitative estimate of drug-likeness (QED) is 0.868. The number of nitrogens with zero attached hydrogens (tertiary/aromatic N) is 4. The van der Waals surface area contributed by atoms with Gasteiger partial charge in [0.05, 0.1) is 5.39 Å². The van der Waals surface area contributed by atoms with Crippen molar-refractivity contribution in [2.24, 2.45) is 7.05 Å². The van der Waals surface area contributed by atoms with Gasteiger partial charge in [-0.15, -0.1) is 0 Å². The molecule has 0 aromatic carbocycles. The third-order valence-corrected chi connectivity index (χ3v) is 4.51. The van der Waals surface area contributed by atoms with E-state index in [1.165, 1.54) is 6.33 Å². The lowest BCUT2D eigenvalue weighted by Gasteiger charge is -2.27. The number of nitrogen functional groups attached to an aromatic ring is 1. The Morgan fingerprint density at radius 3 is 2.71 bits per heavy atom. The van der Waals surface area contributed by atoms with Gasteiger partial charge in [-0.05, 0) is 40.2 Å². The summed E-state index contributed by atoms with van der Waals surface area (Å²) >= 11 is 0. The van der Waals surface area contributed by atoms with E-state index in [1.807, 2.05) is 43.4 Å². The van der Waals surface area contributed by atoms with Crippen LogP contribution in [0.1, 0.15) is 45.7 Å². The number of aryl methyl sites for hydroxylation is 1. The van der Waals surface area contributed by atoms with Gasteiger partial charge in [-0.3, -0.25) is 0 Å². The number of amides is 1. The minimum atomic E-state index is -0.488. The zero-order chi connectivity index (χ0) is 17.6. The topological polar surface area (TPSA) is 86.3 Å². The number of hydrogen-bond acceptors (Lipinski definition) is 5. The van der Waals surface area contributed by atoms with Crippen molar-refractivity contribution in [3.8, 4) is 0 Å². The average molecular weight is 331 g/mol. The van der Waals surface area contributed by atoms with Crippen LogP contribution >= 0.6 is 0 Å². The fraction of sp³-hybridized carbons (Fsp3) is 0.588. The van der Waals surface area contributed by atoms with Gasteiger partial charge in [0.25, 0.3) is 0 Å². The fourth-order valence-corrected chi connectivity index (χ4v) is 3.38. The van der Waals surface area contributed by atoms with Crippen LogP contribution in [0.25, 0.3) is 11.0 Å². The number of carbonyl (C=O) groups excluding carboxylic acids is 1. The number of ether oxygens (including phenoxy) is 1. The Morgan fingerprint density at radius 2 is 2.08 bits per heavy atom. The molecule has 7 nitrogen and oxygen atoms in total. The normalized spacial score (nSPS) is 21.5. The van der Waals surface area contributed by atoms with E-state index in [1.54, 1.807) is 0 Å². The van der Waals surface area contributed by atoms with Crippen molar-refractivity contribution in [1.29, 1.82) is 0 Å². The lowest BCUT2D eigenvalue weighted by Crippen LogP contribution is -2.38. The summed E-state index contributed by atoms with van der Waals surface area (Å²) in [7, 11) is 1.98. The van der Waals surface area contributed by atoms with E-state index in [2.05, 4.69) is 16.9 Å². The summed E-state index contributed by atoms with van der Waals surface area (Å²) in [4.78, 5) is 22.6. The summed E-state index contributed by atoms with van der Waals surface area (Å²) in [5.41, 5.74) is 7.41. The highest BCUT2D eigenvalue weighted by Crippen LogP contribution is 2.35. The molecular formula is C17H25N5O2. The van der Waals surface area contributed by atoms with E-state index in [4.69, 9.17) is 10.5 Å². The van der Waals surface area contributed by atoms with Gasteiger partial charge >= 0.3 is 6.09 Å². The summed E-state index contributed by atoms with van der Waals surface area (Å²) in [6.07, 6.45) is 2.11. The first kappa shape index (κ1) is 16.5. The van der Waals surface area contributed by atoms with Crippen LogP contribution in [0.4, 0.5) is 10.6 Å². The number of likely N-dealkylation sites (tertiary alicyclic amines) is 1. The number of rotatable bonds is 1. The molecule has 1 fully saturated rings. The molecule has 0 spiro atoms. The largest absolute Gasteiger partial charge is 0.444 e. The summed E-state index contributed by atoms with van der Waals surface area (Å²) in [5, 5.41) is 0.860. The third kappa shape index (κ3) is 2.90. The van der Waals surface area contributed by atoms with Crippen LogP contribution < -0.4 is 5.73 Å². The van der Waals surface area contributed by atoms with E-state index < -0.39 is 5.60 Å². The van der Waals surface area contributed by atoms with E-state index in [0.29, 0.717) is 12.4 Å². The molecule has 7 heteroatoms. The van der Waals surface area contributed by atoms with Gasteiger partial charge in [0.15, 0.2) is 0 Å². The van der Waals surface area contributed by atoms with Crippen LogP contribution in [0.3, 0.4) is 0 Å². The second-order valence-electron chi connectivity index (χ2n) is 7.54. The minimum Gasteiger partial charge on any atom is -0.444 e. The smallest absolute Gasteiger partial charge is 0.410 e. The van der Waals surface area contributed by atoms with Gasteiger partial charge in [-0.2, -0.15) is 0 Å². The third-order valence-electron chi connectivity index (χ3n) is 4.51. The molecule has 1 aliphatic heterocycles. The SMILES string of the molecule is C[C@H]1CC(c2cc3c(N)ncnc3n2C)CN1C(=O)OC(C)(C)C. The molecule has 130 valence electrons. The minimum absolute atomic E-state index is 0.131. The van der Waals surface area contributed by atoms with Crippen LogP contribution in [-0.4, -0.2) is 43.7 Å². The summed E-state index contributed by atoms with van der Waals surface area (Å²) in [6.45, 7) is 8.34. The maximum Gasteiger partial charge on any atom is 0.410 e. The molecule has 1 amide bonds. The zero-order valence-corrected chi connectivity index (χ0v) is 14.9. The molecule has 0 bridgehead atoms. The molecule has 0 aliphatic carbocycles. The first-order valence-corrected chi connectivity index (χ1v) is 8.23. The first-order valence-electron chi connectivity index (χ1n) is 8.23. The van der Waals surface area contributed by atoms with E-state index in [0.717, 1.165) is 23.1 Å². The number of anilines is 1. The Balaban J connectivity index is 1.86. The number of fused-ring (bicyclic) bond motifs is 1. The van der Waals surface area contributed by atoms with Crippen molar-refractivity contribution in [3.05, 3.63) is 18.1 Å². The van der Waals surface area contributed by atoms with Gasteiger partial charge in [0.1, 0.15) is 23.4 Å². The molecule has 0 saturated carbocycles. The lowest BCUT2D eigenvalue weighted by atomic mass is 10.0. The van der Waals surface area contributed by atoms with Crippen molar-refractivity contribution in [2.45, 2.75) is 51.7 Å². The highest BCUT2D eigenvalue weighted by Gasteiger charge is 2.37. The molecule has 1 aliphatic rings. The monoisotopic (exact) mass is 331 g/mol. The molecule has 2 atom stereocenters. The van der Waals surface area contributed by atoms with E-state index in [-0.39, 0.29) is 18.1 Å². The Hall–Kier alpha value is -2.31. The van der Waals surface area contributed by atoms with Crippen LogP contribution in [0.2, 0.25) is 0 Å². The van der Waals surface area contributed by atoms with Gasteiger partial charge in [0, 0.05) is 31.2 Å². The second kappa shape index (κ2) is 5.65. The fourth-order valence-electron chi connectivity index (χ4n) is 3.38. The van der Waals surface area contributed by atoms with Crippen LogP contribution in [-0.2, 0) is 11.8 Å². The summed E-state index contributed by atoms with van der Waals surface area (Å²) in [6, 6.07) is 2.17. The van der Waals surface area contributed by atoms with Gasteiger partial charge in [-0.25, -0.2) is 14.8 Å². The molecule has 0 radical (unpaired) electrons. The molecule has 1 saturated heterocycles. The predicted molar refractivity (Wildman–Crippen MR) is 92.7 cm³/mol. The number of nitrogens with two attached hydrogens (primary N) is 1. The van der Waals surface area contributed by atoms with Crippen molar-refractivity contribution in [1.82, 2.24) is 19.4 Å². The second-order valence-corrected chi connectivity index (χ2v) is 7.54. The van der Waals surface area contributed by atoms with Gasteiger partial charge in [-0.1, -0.05) is 0 Å². The Morgan fingerprint density at radius 1 is 1.38 bits per heavy atom. The molecule has 2 aromatic rings. The molecule has 3 heterocycles. The lowest BCUT2D eigenvalue weighted by molar-refractivity contribution is 0.0237. The Bertz CT molecular complexity index is 777. The van der Waals surface area contributed by atoms with Crippen LogP contribution in [0.15, 0.2) is 12.4 Å². The van der Waals surface area contributed by atoms with Gasteiger partial charge < -0.3 is 19.9 Å². The average Bonchev–Trinajstić information content (AvgIpc) is 3.00. The summed E-state index contributed by atoms with van der Waals surface area (Å²) in [5.74, 6) is 0.711. The molecule has 24 heavy (non-hydrogen) atoms. The number of aromatic nitrogens is 3. The maximum absolute atomic E-state index is 12.4. The molecule has 2 N–H and O–H groups in total. The maximum atomic E-state index is 12.4. The zero-order valence-electron chi connectivity index (χ0n) is 14.9. The van der Waals surface area contributed by atoms with E-state index in [9.17, 15) is 4.79 Å². The Kier molecular flexibility index (Phi) is 3.89. The highest BCUT2D eigenvalue weighted by atomic mass is 16.6. The van der Waals surface area contributed by atoms with Gasteiger partial charge in [0.2, 0.25) is 0 Å². The summed E-state index contributed by atoms with van der Waals surface area (Å²) < 4.78 is 7.57. The van der Waals surface area contributed by atoms with Crippen molar-refractivity contribution in [3.63, 3.8) is 0 Å². The predicted octanol–water partition coefficient (Wildman–Crippen LogP) is 2.66. The van der Waals surface area contributed by atoms with Crippen LogP contribution in [0.5, 0.6) is 0 Å². The number of hydrogen-bond donors (Lipinski definition) is 1. The van der Waals surface area contributed by atoms with Crippen molar-refractivity contribution in [2.75, 3.05) is 12.3 Å². The van der Waals surface area contributed by atoms with E-state index >= 15 is 0 Å². The molecule has 2 aromatic heterocycles. The highest BCUT2D eigenvalue weighted by molar-refractivity contribution is 5.87. The van der Waals surface area contributed by atoms with Crippen LogP contribution in [0, 0.1) is 0 Å². The first-order chi connectivity index (χ1) is 11.2. The van der Waals surface area contributed by atoms with Crippen molar-refractivity contribution < 1.29 is 9.53 Å². The number of carbonyl (C=O) groups is 1. The van der Waals surface area contributed by atoms with Crippen molar-refractivity contribution >= 4 is 22.9 Å².